The van der Waals surface area contributed by atoms with Gasteiger partial charge >= 0.3 is 0 Å². The molecule has 0 fully saturated rings. The highest BCUT2D eigenvalue weighted by molar-refractivity contribution is 6.68. The lowest BCUT2D eigenvalue weighted by atomic mass is 10.1. The first-order valence-electron chi connectivity index (χ1n) is 6.95. The van der Waals surface area contributed by atoms with E-state index in [0.717, 1.165) is 13.1 Å². The highest BCUT2D eigenvalue weighted by Gasteiger charge is 2.29. The van der Waals surface area contributed by atoms with Crippen molar-refractivity contribution in [3.05, 3.63) is 29.3 Å². The van der Waals surface area contributed by atoms with Gasteiger partial charge in [0.25, 0.3) is 0 Å². The van der Waals surface area contributed by atoms with E-state index in [1.54, 1.807) is 0 Å². The molecule has 104 valence electrons. The topological polar surface area (TPSA) is 18.8 Å². The van der Waals surface area contributed by atoms with Crippen molar-refractivity contribution in [1.29, 1.82) is 0 Å². The van der Waals surface area contributed by atoms with E-state index in [1.165, 1.54) is 16.8 Å². The molecule has 1 atom stereocenters. The number of likely N-dealkylation sites (N-methyl/N-ethyl adjacent to an activating group) is 1. The van der Waals surface area contributed by atoms with Gasteiger partial charge in [-0.2, -0.15) is 0 Å². The summed E-state index contributed by atoms with van der Waals surface area (Å²) in [4.78, 5) is 8.90. The summed E-state index contributed by atoms with van der Waals surface area (Å²) in [5, 5.41) is 0.632. The number of para-hydroxylation sites is 1. The van der Waals surface area contributed by atoms with E-state index in [1.807, 2.05) is 13.8 Å². The predicted octanol–water partition coefficient (Wildman–Crippen LogP) is 3.46. The predicted molar refractivity (Wildman–Crippen MR) is 83.1 cm³/mol. The molecule has 0 aliphatic carbocycles. The minimum atomic E-state index is 0.470. The largest absolute Gasteiger partial charge is 0.315 e. The van der Waals surface area contributed by atoms with Gasteiger partial charge in [0.05, 0.1) is 12.2 Å². The van der Waals surface area contributed by atoms with E-state index in [0.29, 0.717) is 17.9 Å². The summed E-state index contributed by atoms with van der Waals surface area (Å²) >= 11 is 6.26. The van der Waals surface area contributed by atoms with Crippen LogP contribution in [0.5, 0.6) is 0 Å². The molecule has 3 rings (SSSR count). The number of amidine groups is 1. The standard InChI is InChI=1S/C13H16ClN3.C2H6/c1-9-7-17-12-10(6-15-13(17)14)4-3-5-11(12)8-16(9)2;1-2/h3-5,9H,6-8H2,1-2H3;1-2H3. The van der Waals surface area contributed by atoms with Gasteiger partial charge < -0.3 is 4.90 Å². The summed E-state index contributed by atoms with van der Waals surface area (Å²) in [5.41, 5.74) is 3.92. The molecule has 0 bridgehead atoms. The van der Waals surface area contributed by atoms with Crippen molar-refractivity contribution in [2.75, 3.05) is 18.5 Å². The molecule has 2 aliphatic heterocycles. The third kappa shape index (κ3) is 2.63. The van der Waals surface area contributed by atoms with E-state index in [-0.39, 0.29) is 0 Å². The number of benzene rings is 1. The van der Waals surface area contributed by atoms with Crippen molar-refractivity contribution in [3.63, 3.8) is 0 Å². The maximum Gasteiger partial charge on any atom is 0.198 e. The SMILES string of the molecule is CC.CC1CN2C(Cl)=NCc3cccc(c32)CN1C. The number of hydrogen-bond acceptors (Lipinski definition) is 3. The fraction of sp³-hybridized carbons (Fsp3) is 0.533. The van der Waals surface area contributed by atoms with Crippen molar-refractivity contribution >= 4 is 22.6 Å². The summed E-state index contributed by atoms with van der Waals surface area (Å²) in [6.45, 7) is 8.81. The zero-order valence-electron chi connectivity index (χ0n) is 12.2. The van der Waals surface area contributed by atoms with Crippen molar-refractivity contribution in [3.8, 4) is 0 Å². The minimum Gasteiger partial charge on any atom is -0.315 e. The molecule has 0 radical (unpaired) electrons. The lowest BCUT2D eigenvalue weighted by Gasteiger charge is -2.30. The van der Waals surface area contributed by atoms with Crippen LogP contribution in [0.2, 0.25) is 0 Å². The van der Waals surface area contributed by atoms with Crippen LogP contribution in [0.25, 0.3) is 0 Å². The van der Waals surface area contributed by atoms with E-state index in [2.05, 4.69) is 47.0 Å². The average molecular weight is 280 g/mol. The molecular weight excluding hydrogens is 258 g/mol. The molecule has 0 spiro atoms. The van der Waals surface area contributed by atoms with E-state index < -0.39 is 0 Å². The number of halogens is 1. The molecule has 0 aromatic heterocycles. The van der Waals surface area contributed by atoms with E-state index in [9.17, 15) is 0 Å². The summed E-state index contributed by atoms with van der Waals surface area (Å²) in [7, 11) is 2.16. The van der Waals surface area contributed by atoms with Gasteiger partial charge in [-0.25, -0.2) is 0 Å². The summed E-state index contributed by atoms with van der Waals surface area (Å²) in [6.07, 6.45) is 0. The second kappa shape index (κ2) is 5.93. The van der Waals surface area contributed by atoms with Crippen LogP contribution < -0.4 is 4.90 Å². The Morgan fingerprint density at radius 3 is 2.68 bits per heavy atom. The van der Waals surface area contributed by atoms with Crippen LogP contribution in [-0.4, -0.2) is 29.8 Å². The van der Waals surface area contributed by atoms with Crippen molar-refractivity contribution < 1.29 is 0 Å². The quantitative estimate of drug-likeness (QED) is 0.677. The van der Waals surface area contributed by atoms with Crippen LogP contribution in [0.4, 0.5) is 5.69 Å². The van der Waals surface area contributed by atoms with Crippen LogP contribution in [0.15, 0.2) is 23.2 Å². The summed E-state index contributed by atoms with van der Waals surface area (Å²) < 4.78 is 0. The van der Waals surface area contributed by atoms with Crippen molar-refractivity contribution in [1.82, 2.24) is 4.90 Å². The van der Waals surface area contributed by atoms with Gasteiger partial charge in [0.2, 0.25) is 0 Å². The lowest BCUT2D eigenvalue weighted by Crippen LogP contribution is -2.40. The smallest absolute Gasteiger partial charge is 0.198 e. The van der Waals surface area contributed by atoms with Crippen LogP contribution >= 0.6 is 11.6 Å². The number of rotatable bonds is 0. The molecular formula is C15H22ClN3. The van der Waals surface area contributed by atoms with Gasteiger partial charge in [0.1, 0.15) is 0 Å². The number of hydrogen-bond donors (Lipinski definition) is 0. The molecule has 3 nitrogen and oxygen atoms in total. The highest BCUT2D eigenvalue weighted by Crippen LogP contribution is 2.34. The van der Waals surface area contributed by atoms with Crippen molar-refractivity contribution in [2.24, 2.45) is 4.99 Å². The molecule has 19 heavy (non-hydrogen) atoms. The van der Waals surface area contributed by atoms with E-state index >= 15 is 0 Å². The molecule has 1 aromatic carbocycles. The first kappa shape index (κ1) is 14.4. The molecule has 2 heterocycles. The monoisotopic (exact) mass is 279 g/mol. The minimum absolute atomic E-state index is 0.470. The fourth-order valence-electron chi connectivity index (χ4n) is 2.57. The van der Waals surface area contributed by atoms with Crippen LogP contribution in [-0.2, 0) is 13.1 Å². The molecule has 0 amide bonds. The Kier molecular flexibility index (Phi) is 4.48. The second-order valence-electron chi connectivity index (χ2n) is 4.88. The number of aliphatic imine (C=N–C) groups is 1. The number of nitrogens with zero attached hydrogens (tertiary/aromatic N) is 3. The third-order valence-electron chi connectivity index (χ3n) is 3.69. The van der Waals surface area contributed by atoms with Crippen LogP contribution in [0.3, 0.4) is 0 Å². The highest BCUT2D eigenvalue weighted by atomic mass is 35.5. The molecule has 1 aromatic rings. The Morgan fingerprint density at radius 1 is 1.26 bits per heavy atom. The Labute approximate surface area is 120 Å². The molecule has 0 N–H and O–H groups in total. The average Bonchev–Trinajstić information content (AvgIpc) is 2.56. The van der Waals surface area contributed by atoms with Crippen molar-refractivity contribution in [2.45, 2.75) is 39.9 Å². The zero-order chi connectivity index (χ0) is 14.0. The maximum absolute atomic E-state index is 6.26. The van der Waals surface area contributed by atoms with Gasteiger partial charge in [-0.3, -0.25) is 9.89 Å². The molecule has 1 unspecified atom stereocenters. The molecule has 0 saturated carbocycles. The Bertz CT molecular complexity index is 484. The summed E-state index contributed by atoms with van der Waals surface area (Å²) in [5.74, 6) is 0. The van der Waals surface area contributed by atoms with Gasteiger partial charge in [0, 0.05) is 19.1 Å². The Hall–Kier alpha value is -1.06. The Balaban J connectivity index is 0.000000637. The second-order valence-corrected chi connectivity index (χ2v) is 5.22. The van der Waals surface area contributed by atoms with Gasteiger partial charge in [0.15, 0.2) is 5.29 Å². The normalized spacial score (nSPS) is 21.8. The first-order chi connectivity index (χ1) is 9.16. The maximum atomic E-state index is 6.26. The summed E-state index contributed by atoms with van der Waals surface area (Å²) in [6, 6.07) is 6.92. The van der Waals surface area contributed by atoms with E-state index in [4.69, 9.17) is 11.6 Å². The lowest BCUT2D eigenvalue weighted by molar-refractivity contribution is 0.262. The third-order valence-corrected chi connectivity index (χ3v) is 4.02. The molecule has 4 heteroatoms. The number of anilines is 1. The van der Waals surface area contributed by atoms with Gasteiger partial charge in [-0.15, -0.1) is 0 Å². The Morgan fingerprint density at radius 2 is 1.95 bits per heavy atom. The van der Waals surface area contributed by atoms with Gasteiger partial charge in [-0.05, 0) is 36.7 Å². The molecule has 2 aliphatic rings. The zero-order valence-corrected chi connectivity index (χ0v) is 12.9. The van der Waals surface area contributed by atoms with Gasteiger partial charge in [-0.1, -0.05) is 32.0 Å². The van der Waals surface area contributed by atoms with Crippen LogP contribution in [0, 0.1) is 0 Å². The fourth-order valence-corrected chi connectivity index (χ4v) is 2.78. The first-order valence-corrected chi connectivity index (χ1v) is 7.33. The van der Waals surface area contributed by atoms with Crippen LogP contribution in [0.1, 0.15) is 31.9 Å². The molecule has 0 saturated heterocycles.